The molecule has 4 heteroatoms. The molecule has 1 aromatic carbocycles. The van der Waals surface area contributed by atoms with Crippen LogP contribution in [0.4, 0.5) is 5.69 Å². The van der Waals surface area contributed by atoms with Crippen molar-refractivity contribution < 1.29 is 9.59 Å². The van der Waals surface area contributed by atoms with Gasteiger partial charge in [-0.1, -0.05) is 46.2 Å². The first kappa shape index (κ1) is 20.9. The van der Waals surface area contributed by atoms with Crippen molar-refractivity contribution in [3.63, 3.8) is 0 Å². The Bertz CT molecular complexity index is 687. The molecule has 0 radical (unpaired) electrons. The lowest BCUT2D eigenvalue weighted by molar-refractivity contribution is -0.127. The summed E-state index contributed by atoms with van der Waals surface area (Å²) in [6.45, 7) is 9.61. The van der Waals surface area contributed by atoms with Gasteiger partial charge in [-0.2, -0.15) is 0 Å². The van der Waals surface area contributed by atoms with Crippen molar-refractivity contribution in [1.82, 2.24) is 5.32 Å². The number of carbonyl (C=O) groups excluding carboxylic acids is 2. The van der Waals surface area contributed by atoms with Gasteiger partial charge in [-0.05, 0) is 61.1 Å². The van der Waals surface area contributed by atoms with Gasteiger partial charge >= 0.3 is 0 Å². The summed E-state index contributed by atoms with van der Waals surface area (Å²) < 4.78 is 0. The molecule has 0 aromatic heterocycles. The zero-order valence-corrected chi connectivity index (χ0v) is 18.0. The minimum atomic E-state index is -0.233. The zero-order valence-electron chi connectivity index (χ0n) is 18.0. The molecule has 2 amide bonds. The van der Waals surface area contributed by atoms with E-state index < -0.39 is 0 Å². The van der Waals surface area contributed by atoms with E-state index in [4.69, 9.17) is 0 Å². The molecule has 1 heterocycles. The molecule has 1 aliphatic carbocycles. The lowest BCUT2D eigenvalue weighted by Gasteiger charge is -2.39. The Morgan fingerprint density at radius 2 is 1.75 bits per heavy atom. The van der Waals surface area contributed by atoms with Crippen LogP contribution in [0.5, 0.6) is 0 Å². The molecule has 0 bridgehead atoms. The molecular weight excluding hydrogens is 348 g/mol. The summed E-state index contributed by atoms with van der Waals surface area (Å²) in [6, 6.07) is 8.38. The van der Waals surface area contributed by atoms with Crippen molar-refractivity contribution in [2.75, 3.05) is 11.4 Å². The lowest BCUT2D eigenvalue weighted by Crippen LogP contribution is -2.43. The van der Waals surface area contributed by atoms with Crippen molar-refractivity contribution >= 4 is 17.5 Å². The van der Waals surface area contributed by atoms with Gasteiger partial charge in [0.2, 0.25) is 11.8 Å². The molecule has 1 atom stereocenters. The first-order chi connectivity index (χ1) is 13.3. The van der Waals surface area contributed by atoms with Crippen molar-refractivity contribution in [3.8, 4) is 0 Å². The first-order valence-corrected chi connectivity index (χ1v) is 11.0. The number of rotatable bonds is 6. The van der Waals surface area contributed by atoms with Crippen LogP contribution in [0.15, 0.2) is 24.3 Å². The van der Waals surface area contributed by atoms with Crippen LogP contribution in [0.1, 0.15) is 71.8 Å². The number of benzene rings is 1. The fourth-order valence-corrected chi connectivity index (χ4v) is 4.67. The largest absolute Gasteiger partial charge is 0.353 e. The van der Waals surface area contributed by atoms with Crippen LogP contribution < -0.4 is 10.2 Å². The Morgan fingerprint density at radius 1 is 1.11 bits per heavy atom. The van der Waals surface area contributed by atoms with E-state index >= 15 is 0 Å². The van der Waals surface area contributed by atoms with Crippen molar-refractivity contribution in [2.24, 2.45) is 17.3 Å². The maximum atomic E-state index is 12.8. The monoisotopic (exact) mass is 384 g/mol. The molecule has 2 aliphatic rings. The smallest absolute Gasteiger partial charge is 0.227 e. The van der Waals surface area contributed by atoms with Crippen molar-refractivity contribution in [1.29, 1.82) is 0 Å². The number of anilines is 1. The number of hydrogen-bond donors (Lipinski definition) is 1. The van der Waals surface area contributed by atoms with Crippen molar-refractivity contribution in [3.05, 3.63) is 29.8 Å². The molecule has 1 saturated carbocycles. The van der Waals surface area contributed by atoms with E-state index in [9.17, 15) is 9.59 Å². The van der Waals surface area contributed by atoms with Crippen molar-refractivity contribution in [2.45, 2.75) is 78.7 Å². The van der Waals surface area contributed by atoms with Crippen LogP contribution >= 0.6 is 0 Å². The molecule has 1 N–H and O–H groups in total. The van der Waals surface area contributed by atoms with Crippen LogP contribution in [-0.4, -0.2) is 24.4 Å². The molecule has 3 rings (SSSR count). The van der Waals surface area contributed by atoms with E-state index in [1.807, 2.05) is 12.1 Å². The average molecular weight is 385 g/mol. The van der Waals surface area contributed by atoms with Gasteiger partial charge in [0.1, 0.15) is 0 Å². The maximum absolute atomic E-state index is 12.8. The molecule has 1 aromatic rings. The summed E-state index contributed by atoms with van der Waals surface area (Å²) in [5.41, 5.74) is 2.55. The van der Waals surface area contributed by atoms with Crippen LogP contribution in [0.2, 0.25) is 0 Å². The van der Waals surface area contributed by atoms with E-state index in [-0.39, 0.29) is 23.8 Å². The summed E-state index contributed by atoms with van der Waals surface area (Å²) >= 11 is 0. The van der Waals surface area contributed by atoms with Gasteiger partial charge in [-0.25, -0.2) is 0 Å². The minimum absolute atomic E-state index is 0.0535. The molecule has 2 fully saturated rings. The third-order valence-corrected chi connectivity index (χ3v) is 7.24. The Labute approximate surface area is 170 Å². The fourth-order valence-electron chi connectivity index (χ4n) is 4.67. The predicted octanol–water partition coefficient (Wildman–Crippen LogP) is 4.71. The van der Waals surface area contributed by atoms with Gasteiger partial charge in [0.25, 0.3) is 0 Å². The van der Waals surface area contributed by atoms with Gasteiger partial charge in [-0.15, -0.1) is 0 Å². The third kappa shape index (κ3) is 4.59. The average Bonchev–Trinajstić information content (AvgIpc) is 3.10. The first-order valence-electron chi connectivity index (χ1n) is 11.0. The van der Waals surface area contributed by atoms with Gasteiger partial charge < -0.3 is 10.2 Å². The number of nitrogens with zero attached hydrogens (tertiary/aromatic N) is 1. The number of carbonyl (C=O) groups is 2. The topological polar surface area (TPSA) is 49.4 Å². The van der Waals surface area contributed by atoms with Gasteiger partial charge in [0, 0.05) is 24.7 Å². The van der Waals surface area contributed by atoms with Crippen LogP contribution in [0.25, 0.3) is 0 Å². The fraction of sp³-hybridized carbons (Fsp3) is 0.667. The molecule has 1 aliphatic heterocycles. The van der Waals surface area contributed by atoms with Crippen LogP contribution in [0.3, 0.4) is 0 Å². The number of amides is 2. The Morgan fingerprint density at radius 3 is 2.32 bits per heavy atom. The summed E-state index contributed by atoms with van der Waals surface area (Å²) in [7, 11) is 0. The van der Waals surface area contributed by atoms with E-state index in [0.29, 0.717) is 18.4 Å². The predicted molar refractivity (Wildman–Crippen MR) is 114 cm³/mol. The Balaban J connectivity index is 1.52. The number of hydrogen-bond acceptors (Lipinski definition) is 2. The molecule has 154 valence electrons. The van der Waals surface area contributed by atoms with E-state index in [2.05, 4.69) is 45.1 Å². The highest BCUT2D eigenvalue weighted by Crippen LogP contribution is 2.40. The Hall–Kier alpha value is -1.84. The Kier molecular flexibility index (Phi) is 6.47. The lowest BCUT2D eigenvalue weighted by atomic mass is 9.69. The second-order valence-corrected chi connectivity index (χ2v) is 9.32. The molecule has 1 saturated heterocycles. The highest BCUT2D eigenvalue weighted by Gasteiger charge is 2.37. The molecule has 0 unspecified atom stereocenters. The second-order valence-electron chi connectivity index (χ2n) is 9.32. The SMILES string of the molecule is CCc1ccc(N2C[C@@H](C(=O)NC3CCC(C(C)(C)CC)CC3)CC2=O)cc1. The summed E-state index contributed by atoms with van der Waals surface area (Å²) in [6.07, 6.45) is 6.99. The highest BCUT2D eigenvalue weighted by atomic mass is 16.2. The highest BCUT2D eigenvalue weighted by molar-refractivity contribution is 6.00. The molecule has 28 heavy (non-hydrogen) atoms. The van der Waals surface area contributed by atoms with E-state index in [0.717, 1.165) is 30.9 Å². The summed E-state index contributed by atoms with van der Waals surface area (Å²) in [5, 5.41) is 3.24. The van der Waals surface area contributed by atoms with Gasteiger partial charge in [-0.3, -0.25) is 9.59 Å². The van der Waals surface area contributed by atoms with Gasteiger partial charge in [0.15, 0.2) is 0 Å². The van der Waals surface area contributed by atoms with E-state index in [1.54, 1.807) is 4.90 Å². The van der Waals surface area contributed by atoms with Crippen LogP contribution in [0, 0.1) is 17.3 Å². The number of aryl methyl sites for hydroxylation is 1. The minimum Gasteiger partial charge on any atom is -0.353 e. The normalized spacial score (nSPS) is 25.8. The number of nitrogens with one attached hydrogen (secondary N) is 1. The molecule has 0 spiro atoms. The standard InChI is InChI=1S/C24H36N2O2/c1-5-17-7-13-21(14-8-17)26-16-18(15-22(26)27)23(28)25-20-11-9-19(10-12-20)24(3,4)6-2/h7-8,13-14,18-20H,5-6,9-12,15-16H2,1-4H3,(H,25,28)/t18-,19?,20?/m0/s1. The summed E-state index contributed by atoms with van der Waals surface area (Å²) in [5.74, 6) is 0.625. The van der Waals surface area contributed by atoms with E-state index in [1.165, 1.54) is 24.8 Å². The van der Waals surface area contributed by atoms with Crippen LogP contribution in [-0.2, 0) is 16.0 Å². The summed E-state index contributed by atoms with van der Waals surface area (Å²) in [4.78, 5) is 27.0. The van der Waals surface area contributed by atoms with Gasteiger partial charge in [0.05, 0.1) is 5.92 Å². The molecular formula is C24H36N2O2. The third-order valence-electron chi connectivity index (χ3n) is 7.24. The second kappa shape index (κ2) is 8.67. The quantitative estimate of drug-likeness (QED) is 0.772. The molecule has 4 nitrogen and oxygen atoms in total. The maximum Gasteiger partial charge on any atom is 0.227 e. The zero-order chi connectivity index (χ0) is 20.3.